The first kappa shape index (κ1) is 14.7. The van der Waals surface area contributed by atoms with Crippen LogP contribution in [0.1, 0.15) is 42.6 Å². The molecule has 0 aliphatic carbocycles. The van der Waals surface area contributed by atoms with Crippen LogP contribution < -0.4 is 5.32 Å². The normalized spacial score (nSPS) is 21.7. The van der Waals surface area contributed by atoms with E-state index in [1.807, 2.05) is 13.8 Å². The Balaban J connectivity index is 1.80. The van der Waals surface area contributed by atoms with E-state index in [0.29, 0.717) is 31.1 Å². The van der Waals surface area contributed by atoms with Crippen LogP contribution >= 0.6 is 0 Å². The van der Waals surface area contributed by atoms with Gasteiger partial charge in [0.1, 0.15) is 5.82 Å². The molecule has 1 aliphatic heterocycles. The molecule has 2 aromatic rings. The molecule has 1 N–H and O–H groups in total. The van der Waals surface area contributed by atoms with Gasteiger partial charge in [0, 0.05) is 19.4 Å². The molecule has 6 heteroatoms. The first-order valence-corrected chi connectivity index (χ1v) is 7.31. The highest BCUT2D eigenvalue weighted by molar-refractivity contribution is 5.78. The van der Waals surface area contributed by atoms with E-state index in [2.05, 4.69) is 15.5 Å². The molecule has 1 aromatic carbocycles. The van der Waals surface area contributed by atoms with Gasteiger partial charge < -0.3 is 9.84 Å². The molecule has 1 amide bonds. The summed E-state index contributed by atoms with van der Waals surface area (Å²) in [4.78, 5) is 16.0. The summed E-state index contributed by atoms with van der Waals surface area (Å²) in [7, 11) is 0. The van der Waals surface area contributed by atoms with Gasteiger partial charge >= 0.3 is 0 Å². The smallest absolute Gasteiger partial charge is 0.233 e. The van der Waals surface area contributed by atoms with Gasteiger partial charge in [0.25, 0.3) is 0 Å². The van der Waals surface area contributed by atoms with Gasteiger partial charge in [-0.2, -0.15) is 4.98 Å². The predicted octanol–water partition coefficient (Wildman–Crippen LogP) is 2.28. The van der Waals surface area contributed by atoms with E-state index in [9.17, 15) is 9.18 Å². The maximum Gasteiger partial charge on any atom is 0.233 e. The lowest BCUT2D eigenvalue weighted by Gasteiger charge is -2.29. The van der Waals surface area contributed by atoms with Crippen LogP contribution in [0.15, 0.2) is 22.7 Å². The summed E-state index contributed by atoms with van der Waals surface area (Å²) in [6, 6.07) is 4.65. The molecule has 0 bridgehead atoms. The molecule has 0 saturated carbocycles. The molecule has 1 atom stereocenters. The van der Waals surface area contributed by atoms with Gasteiger partial charge in [-0.15, -0.1) is 0 Å². The number of hydrogen-bond donors (Lipinski definition) is 1. The number of aromatic nitrogens is 2. The number of piperidine rings is 1. The third-order valence-corrected chi connectivity index (χ3v) is 4.19. The number of carbonyl (C=O) groups excluding carboxylic acids is 1. The van der Waals surface area contributed by atoms with Gasteiger partial charge in [0.2, 0.25) is 11.8 Å². The highest BCUT2D eigenvalue weighted by atomic mass is 19.1. The van der Waals surface area contributed by atoms with Crippen LogP contribution in [0.5, 0.6) is 0 Å². The molecule has 1 aromatic heterocycles. The van der Waals surface area contributed by atoms with Gasteiger partial charge in [-0.25, -0.2) is 4.39 Å². The summed E-state index contributed by atoms with van der Waals surface area (Å²) in [6.07, 6.45) is 1.61. The minimum Gasteiger partial charge on any atom is -0.356 e. The standard InChI is InChI=1S/C16H18FN3O2/c1-10-7-12(17)4-3-11(10)8-13-19-15(22-20-13)16(2)5-6-18-14(21)9-16/h3-4,7H,5-6,8-9H2,1-2H3,(H,18,21). The average molecular weight is 303 g/mol. The van der Waals surface area contributed by atoms with E-state index in [0.717, 1.165) is 17.5 Å². The number of nitrogens with zero attached hydrogens (tertiary/aromatic N) is 2. The molecule has 0 radical (unpaired) electrons. The molecule has 3 rings (SSSR count). The molecule has 22 heavy (non-hydrogen) atoms. The second-order valence-electron chi connectivity index (χ2n) is 6.10. The third-order valence-electron chi connectivity index (χ3n) is 4.19. The third kappa shape index (κ3) is 2.86. The van der Waals surface area contributed by atoms with E-state index in [1.54, 1.807) is 6.07 Å². The molecule has 0 spiro atoms. The van der Waals surface area contributed by atoms with E-state index in [1.165, 1.54) is 12.1 Å². The van der Waals surface area contributed by atoms with Crippen LogP contribution in [0.25, 0.3) is 0 Å². The molecule has 1 fully saturated rings. The lowest BCUT2D eigenvalue weighted by atomic mass is 9.80. The van der Waals surface area contributed by atoms with Crippen molar-refractivity contribution in [1.29, 1.82) is 0 Å². The summed E-state index contributed by atoms with van der Waals surface area (Å²) in [6.45, 7) is 4.43. The van der Waals surface area contributed by atoms with Gasteiger partial charge in [0.05, 0.1) is 5.41 Å². The van der Waals surface area contributed by atoms with Crippen LogP contribution in [-0.4, -0.2) is 22.6 Å². The molecule has 1 aliphatic rings. The largest absolute Gasteiger partial charge is 0.356 e. The van der Waals surface area contributed by atoms with E-state index in [-0.39, 0.29) is 11.7 Å². The maximum atomic E-state index is 13.1. The number of benzene rings is 1. The minimum absolute atomic E-state index is 0.00267. The molecular formula is C16H18FN3O2. The van der Waals surface area contributed by atoms with Crippen molar-refractivity contribution < 1.29 is 13.7 Å². The summed E-state index contributed by atoms with van der Waals surface area (Å²) >= 11 is 0. The molecule has 1 unspecified atom stereocenters. The van der Waals surface area contributed by atoms with Crippen molar-refractivity contribution in [2.45, 2.75) is 38.5 Å². The van der Waals surface area contributed by atoms with Crippen molar-refractivity contribution in [1.82, 2.24) is 15.5 Å². The molecular weight excluding hydrogens is 285 g/mol. The Labute approximate surface area is 127 Å². The van der Waals surface area contributed by atoms with Gasteiger partial charge in [0.15, 0.2) is 5.82 Å². The number of nitrogens with one attached hydrogen (secondary N) is 1. The number of hydrogen-bond acceptors (Lipinski definition) is 4. The number of halogens is 1. The Morgan fingerprint density at radius 3 is 3.00 bits per heavy atom. The molecule has 116 valence electrons. The average Bonchev–Trinajstić information content (AvgIpc) is 2.91. The van der Waals surface area contributed by atoms with Crippen molar-refractivity contribution in [3.05, 3.63) is 46.9 Å². The zero-order valence-electron chi connectivity index (χ0n) is 12.6. The summed E-state index contributed by atoms with van der Waals surface area (Å²) in [5.41, 5.74) is 1.40. The van der Waals surface area contributed by atoms with E-state index >= 15 is 0 Å². The zero-order chi connectivity index (χ0) is 15.7. The second kappa shape index (κ2) is 5.51. The highest BCUT2D eigenvalue weighted by Crippen LogP contribution is 2.32. The van der Waals surface area contributed by atoms with Crippen LogP contribution in [-0.2, 0) is 16.6 Å². The zero-order valence-corrected chi connectivity index (χ0v) is 12.6. The summed E-state index contributed by atoms with van der Waals surface area (Å²) in [5, 5.41) is 6.81. The van der Waals surface area contributed by atoms with Crippen molar-refractivity contribution in [3.63, 3.8) is 0 Å². The van der Waals surface area contributed by atoms with Crippen molar-refractivity contribution >= 4 is 5.91 Å². The Bertz CT molecular complexity index is 713. The lowest BCUT2D eigenvalue weighted by Crippen LogP contribution is -2.41. The van der Waals surface area contributed by atoms with Crippen LogP contribution in [0.2, 0.25) is 0 Å². The van der Waals surface area contributed by atoms with Gasteiger partial charge in [-0.05, 0) is 36.6 Å². The van der Waals surface area contributed by atoms with Crippen LogP contribution in [0.3, 0.4) is 0 Å². The predicted molar refractivity (Wildman–Crippen MR) is 77.8 cm³/mol. The second-order valence-corrected chi connectivity index (χ2v) is 6.10. The fraction of sp³-hybridized carbons (Fsp3) is 0.438. The Kier molecular flexibility index (Phi) is 3.68. The number of carbonyl (C=O) groups is 1. The first-order valence-electron chi connectivity index (χ1n) is 7.31. The van der Waals surface area contributed by atoms with Gasteiger partial charge in [-0.1, -0.05) is 18.1 Å². The Hall–Kier alpha value is -2.24. The Morgan fingerprint density at radius 1 is 1.45 bits per heavy atom. The highest BCUT2D eigenvalue weighted by Gasteiger charge is 2.38. The van der Waals surface area contributed by atoms with Crippen molar-refractivity contribution in [3.8, 4) is 0 Å². The Morgan fingerprint density at radius 2 is 2.27 bits per heavy atom. The van der Waals surface area contributed by atoms with Crippen molar-refractivity contribution in [2.75, 3.05) is 6.54 Å². The number of aryl methyl sites for hydroxylation is 1. The first-order chi connectivity index (χ1) is 10.5. The quantitative estimate of drug-likeness (QED) is 0.944. The SMILES string of the molecule is Cc1cc(F)ccc1Cc1noc(C2(C)CCNC(=O)C2)n1. The van der Waals surface area contributed by atoms with Crippen LogP contribution in [0.4, 0.5) is 4.39 Å². The monoisotopic (exact) mass is 303 g/mol. The maximum absolute atomic E-state index is 13.1. The summed E-state index contributed by atoms with van der Waals surface area (Å²) < 4.78 is 18.5. The molecule has 5 nitrogen and oxygen atoms in total. The number of rotatable bonds is 3. The lowest BCUT2D eigenvalue weighted by molar-refractivity contribution is -0.124. The fourth-order valence-corrected chi connectivity index (χ4v) is 2.76. The molecule has 2 heterocycles. The van der Waals surface area contributed by atoms with E-state index < -0.39 is 5.41 Å². The van der Waals surface area contributed by atoms with Crippen molar-refractivity contribution in [2.24, 2.45) is 0 Å². The minimum atomic E-state index is -0.411. The number of amides is 1. The van der Waals surface area contributed by atoms with Crippen LogP contribution in [0, 0.1) is 12.7 Å². The van der Waals surface area contributed by atoms with E-state index in [4.69, 9.17) is 4.52 Å². The topological polar surface area (TPSA) is 68.0 Å². The fourth-order valence-electron chi connectivity index (χ4n) is 2.76. The molecule has 1 saturated heterocycles. The summed E-state index contributed by atoms with van der Waals surface area (Å²) in [5.74, 6) is 0.799. The van der Waals surface area contributed by atoms with Gasteiger partial charge in [-0.3, -0.25) is 4.79 Å².